The number of nitrogens with zero attached hydrogens (tertiary/aromatic N) is 2. The highest BCUT2D eigenvalue weighted by Gasteiger charge is 2.09. The zero-order chi connectivity index (χ0) is 17.4. The van der Waals surface area contributed by atoms with E-state index in [1.165, 1.54) is 41.8 Å². The molecule has 0 saturated carbocycles. The number of nitro benzene ring substituents is 1. The second-order valence-corrected chi connectivity index (χ2v) is 5.40. The summed E-state index contributed by atoms with van der Waals surface area (Å²) in [5.41, 5.74) is 2.37. The molecule has 0 aliphatic carbocycles. The number of hydrogen-bond acceptors (Lipinski definition) is 6. The summed E-state index contributed by atoms with van der Waals surface area (Å²) in [5, 5.41) is 21.0. The number of benzene rings is 1. The van der Waals surface area contributed by atoms with Crippen LogP contribution < -0.4 is 16.1 Å². The van der Waals surface area contributed by atoms with Crippen molar-refractivity contribution >= 4 is 40.9 Å². The summed E-state index contributed by atoms with van der Waals surface area (Å²) in [7, 11) is 0. The number of nitro groups is 1. The number of non-ortho nitro benzene ring substituents is 1. The van der Waals surface area contributed by atoms with Crippen molar-refractivity contribution in [3.63, 3.8) is 0 Å². The van der Waals surface area contributed by atoms with Gasteiger partial charge in [-0.3, -0.25) is 14.9 Å². The number of hydrogen-bond donors (Lipinski definition) is 3. The Morgan fingerprint density at radius 2 is 2.12 bits per heavy atom. The summed E-state index contributed by atoms with van der Waals surface area (Å²) in [4.78, 5) is 34.1. The largest absolute Gasteiger partial charge is 0.329 e. The molecule has 0 aliphatic rings. The first-order chi connectivity index (χ1) is 11.5. The zero-order valence-corrected chi connectivity index (χ0v) is 13.1. The van der Waals surface area contributed by atoms with Crippen molar-refractivity contribution in [1.82, 2.24) is 10.7 Å². The van der Waals surface area contributed by atoms with Crippen molar-refractivity contribution in [2.75, 3.05) is 11.9 Å². The van der Waals surface area contributed by atoms with Gasteiger partial charge in [-0.15, -0.1) is 11.3 Å². The van der Waals surface area contributed by atoms with E-state index >= 15 is 0 Å². The first-order valence-electron chi connectivity index (χ1n) is 6.69. The number of amides is 3. The Morgan fingerprint density at radius 3 is 2.83 bits per heavy atom. The van der Waals surface area contributed by atoms with Crippen molar-refractivity contribution in [3.05, 3.63) is 56.8 Å². The SMILES string of the molecule is O=C(CNC(=O)Nc1cccc([N+](=O)[O-])c1)N/N=C\c1cccs1. The van der Waals surface area contributed by atoms with Crippen molar-refractivity contribution in [2.24, 2.45) is 5.10 Å². The van der Waals surface area contributed by atoms with E-state index in [-0.39, 0.29) is 17.9 Å². The van der Waals surface area contributed by atoms with Gasteiger partial charge in [-0.25, -0.2) is 10.2 Å². The molecule has 0 spiro atoms. The van der Waals surface area contributed by atoms with E-state index in [0.717, 1.165) is 4.88 Å². The van der Waals surface area contributed by atoms with Gasteiger partial charge >= 0.3 is 6.03 Å². The van der Waals surface area contributed by atoms with E-state index in [0.29, 0.717) is 0 Å². The number of anilines is 1. The maximum atomic E-state index is 11.6. The zero-order valence-electron chi connectivity index (χ0n) is 12.3. The normalized spacial score (nSPS) is 10.3. The summed E-state index contributed by atoms with van der Waals surface area (Å²) in [6.07, 6.45) is 1.49. The van der Waals surface area contributed by atoms with Crippen LogP contribution in [0.1, 0.15) is 4.88 Å². The topological polar surface area (TPSA) is 126 Å². The second-order valence-electron chi connectivity index (χ2n) is 4.42. The fraction of sp³-hybridized carbons (Fsp3) is 0.0714. The van der Waals surface area contributed by atoms with Crippen molar-refractivity contribution in [3.8, 4) is 0 Å². The van der Waals surface area contributed by atoms with E-state index in [9.17, 15) is 19.7 Å². The maximum Gasteiger partial charge on any atom is 0.319 e. The lowest BCUT2D eigenvalue weighted by atomic mass is 10.3. The molecular weight excluding hydrogens is 334 g/mol. The first kappa shape index (κ1) is 17.1. The predicted molar refractivity (Wildman–Crippen MR) is 90.2 cm³/mol. The number of nitrogens with one attached hydrogen (secondary N) is 3. The van der Waals surface area contributed by atoms with E-state index in [1.54, 1.807) is 0 Å². The van der Waals surface area contributed by atoms with E-state index in [2.05, 4.69) is 21.2 Å². The van der Waals surface area contributed by atoms with Gasteiger partial charge in [0.25, 0.3) is 11.6 Å². The Bertz CT molecular complexity index is 760. The molecule has 124 valence electrons. The van der Waals surface area contributed by atoms with E-state index < -0.39 is 16.9 Å². The molecule has 3 amide bonds. The Labute approximate surface area is 140 Å². The third-order valence-corrected chi connectivity index (χ3v) is 3.46. The van der Waals surface area contributed by atoms with Crippen LogP contribution in [0.25, 0.3) is 0 Å². The Hall–Kier alpha value is -3.27. The van der Waals surface area contributed by atoms with Gasteiger partial charge in [0, 0.05) is 22.7 Å². The average molecular weight is 347 g/mol. The van der Waals surface area contributed by atoms with Crippen LogP contribution in [0, 0.1) is 10.1 Å². The highest BCUT2D eigenvalue weighted by molar-refractivity contribution is 7.11. The molecule has 0 bridgehead atoms. The number of carbonyl (C=O) groups is 2. The lowest BCUT2D eigenvalue weighted by molar-refractivity contribution is -0.384. The molecule has 0 saturated heterocycles. The second kappa shape index (κ2) is 8.39. The van der Waals surface area contributed by atoms with Gasteiger partial charge in [-0.1, -0.05) is 12.1 Å². The molecule has 0 radical (unpaired) electrons. The number of urea groups is 1. The van der Waals surface area contributed by atoms with Crippen LogP contribution in [-0.4, -0.2) is 29.6 Å². The summed E-state index contributed by atoms with van der Waals surface area (Å²) in [6.45, 7) is -0.289. The summed E-state index contributed by atoms with van der Waals surface area (Å²) in [6, 6.07) is 8.50. The monoisotopic (exact) mass is 347 g/mol. The summed E-state index contributed by atoms with van der Waals surface area (Å²) < 4.78 is 0. The maximum absolute atomic E-state index is 11.6. The number of thiophene rings is 1. The van der Waals surface area contributed by atoms with Crippen molar-refractivity contribution in [1.29, 1.82) is 0 Å². The quantitative estimate of drug-likeness (QED) is 0.419. The van der Waals surface area contributed by atoms with Gasteiger partial charge in [-0.05, 0) is 17.5 Å². The Balaban J connectivity index is 1.75. The molecule has 3 N–H and O–H groups in total. The standard InChI is InChI=1S/C14H13N5O4S/c20-13(18-16-8-12-5-2-6-24-12)9-15-14(21)17-10-3-1-4-11(7-10)19(22)23/h1-8H,9H2,(H,18,20)(H2,15,17,21)/b16-8-. The van der Waals surface area contributed by atoms with Gasteiger partial charge in [0.2, 0.25) is 0 Å². The minimum absolute atomic E-state index is 0.145. The first-order valence-corrected chi connectivity index (χ1v) is 7.57. The minimum Gasteiger partial charge on any atom is -0.329 e. The van der Waals surface area contributed by atoms with Gasteiger partial charge < -0.3 is 10.6 Å². The molecule has 24 heavy (non-hydrogen) atoms. The van der Waals surface area contributed by atoms with Gasteiger partial charge in [0.15, 0.2) is 0 Å². The molecule has 2 rings (SSSR count). The van der Waals surface area contributed by atoms with Crippen LogP contribution in [0.2, 0.25) is 0 Å². The van der Waals surface area contributed by atoms with Gasteiger partial charge in [0.1, 0.15) is 6.54 Å². The minimum atomic E-state index is -0.659. The van der Waals surface area contributed by atoms with Crippen LogP contribution in [0.4, 0.5) is 16.2 Å². The van der Waals surface area contributed by atoms with Crippen molar-refractivity contribution in [2.45, 2.75) is 0 Å². The van der Waals surface area contributed by atoms with E-state index in [1.807, 2.05) is 17.5 Å². The fourth-order valence-electron chi connectivity index (χ4n) is 1.61. The number of carbonyl (C=O) groups excluding carboxylic acids is 2. The number of rotatable bonds is 6. The molecule has 1 aromatic heterocycles. The molecule has 1 heterocycles. The Kier molecular flexibility index (Phi) is 5.97. The van der Waals surface area contributed by atoms with Crippen LogP contribution in [0.15, 0.2) is 46.9 Å². The molecule has 1 aromatic carbocycles. The lowest BCUT2D eigenvalue weighted by Gasteiger charge is -2.06. The smallest absolute Gasteiger partial charge is 0.319 e. The molecule has 0 fully saturated rings. The third-order valence-electron chi connectivity index (χ3n) is 2.65. The lowest BCUT2D eigenvalue weighted by Crippen LogP contribution is -2.37. The number of hydrazone groups is 1. The molecule has 0 unspecified atom stereocenters. The van der Waals surface area contributed by atoms with Crippen molar-refractivity contribution < 1.29 is 14.5 Å². The summed E-state index contributed by atoms with van der Waals surface area (Å²) >= 11 is 1.47. The highest BCUT2D eigenvalue weighted by atomic mass is 32.1. The fourth-order valence-corrected chi connectivity index (χ4v) is 2.19. The average Bonchev–Trinajstić information content (AvgIpc) is 3.06. The van der Waals surface area contributed by atoms with E-state index in [4.69, 9.17) is 0 Å². The highest BCUT2D eigenvalue weighted by Crippen LogP contribution is 2.16. The van der Waals surface area contributed by atoms with Gasteiger partial charge in [0.05, 0.1) is 11.1 Å². The molecule has 0 aliphatic heterocycles. The van der Waals surface area contributed by atoms with Crippen LogP contribution in [0.3, 0.4) is 0 Å². The Morgan fingerprint density at radius 1 is 1.29 bits per heavy atom. The molecular formula is C14H13N5O4S. The molecule has 9 nitrogen and oxygen atoms in total. The molecule has 2 aromatic rings. The van der Waals surface area contributed by atoms with Gasteiger partial charge in [-0.2, -0.15) is 5.10 Å². The van der Waals surface area contributed by atoms with Crippen LogP contribution in [0.5, 0.6) is 0 Å². The third kappa shape index (κ3) is 5.50. The molecule has 10 heteroatoms. The predicted octanol–water partition coefficient (Wildman–Crippen LogP) is 1.93. The molecule has 0 atom stereocenters. The van der Waals surface area contributed by atoms with Crippen LogP contribution >= 0.6 is 11.3 Å². The summed E-state index contributed by atoms with van der Waals surface area (Å²) in [5.74, 6) is -0.503. The van der Waals surface area contributed by atoms with Crippen LogP contribution in [-0.2, 0) is 4.79 Å².